The van der Waals surface area contributed by atoms with Gasteiger partial charge < -0.3 is 9.47 Å². The van der Waals surface area contributed by atoms with Crippen molar-refractivity contribution < 1.29 is 9.47 Å². The topological polar surface area (TPSA) is 18.5 Å². The van der Waals surface area contributed by atoms with Crippen LogP contribution in [0.15, 0.2) is 0 Å². The molecule has 0 N–H and O–H groups in total. The largest absolute Gasteiger partial charge is 0.329 e. The number of ether oxygens (including phenoxy) is 2. The van der Waals surface area contributed by atoms with Crippen LogP contribution < -0.4 is 0 Å². The minimum atomic E-state index is 0. The third-order valence-corrected chi connectivity index (χ3v) is 0.333. The van der Waals surface area contributed by atoms with Crippen molar-refractivity contribution in [2.45, 2.75) is 41.5 Å². The molecule has 0 aromatic carbocycles. The van der Waals surface area contributed by atoms with Crippen molar-refractivity contribution in [3.63, 3.8) is 0 Å². The molecule has 2 heteroatoms. The molecule has 2 nitrogen and oxygen atoms in total. The highest BCUT2D eigenvalue weighted by Gasteiger charge is 1.93. The molecule has 0 amide bonds. The van der Waals surface area contributed by atoms with Crippen LogP contribution in [0.3, 0.4) is 0 Å². The number of rotatable bonds is 0. The molecule has 1 saturated heterocycles. The summed E-state index contributed by atoms with van der Waals surface area (Å²) in [5.41, 5.74) is 0. The Morgan fingerprint density at radius 3 is 1.10 bits per heavy atom. The maximum atomic E-state index is 4.50. The summed E-state index contributed by atoms with van der Waals surface area (Å²) in [6.45, 7) is 9.25. The van der Waals surface area contributed by atoms with E-state index in [0.717, 1.165) is 0 Å². The summed E-state index contributed by atoms with van der Waals surface area (Å²) in [4.78, 5) is 0. The third-order valence-electron chi connectivity index (χ3n) is 0.333. The van der Waals surface area contributed by atoms with Crippen LogP contribution in [-0.2, 0) is 9.47 Å². The molecule has 1 fully saturated rings. The molecule has 0 aromatic rings. The molecule has 1 aliphatic heterocycles. The van der Waals surface area contributed by atoms with Gasteiger partial charge in [-0.15, -0.1) is 0 Å². The normalized spacial score (nSPS) is 12.0. The first kappa shape index (κ1) is 16.5. The molecule has 1 heterocycles. The van der Waals surface area contributed by atoms with Gasteiger partial charge in [0.15, 0.2) is 13.6 Å². The van der Waals surface area contributed by atoms with E-state index in [2.05, 4.69) is 23.3 Å². The van der Waals surface area contributed by atoms with Gasteiger partial charge in [-0.1, -0.05) is 41.5 Å². The summed E-state index contributed by atoms with van der Waals surface area (Å²) < 4.78 is 9.00. The monoisotopic (exact) mass is 150 g/mol. The Hall–Kier alpha value is -0.0800. The van der Waals surface area contributed by atoms with E-state index in [1.165, 1.54) is 6.42 Å². The Balaban J connectivity index is -0.0000000754. The van der Waals surface area contributed by atoms with Gasteiger partial charge in [-0.25, -0.2) is 0 Å². The van der Waals surface area contributed by atoms with Crippen molar-refractivity contribution >= 4 is 0 Å². The first-order valence-electron chi connectivity index (χ1n) is 3.57. The average molecular weight is 150 g/mol. The van der Waals surface area contributed by atoms with Crippen molar-refractivity contribution in [2.75, 3.05) is 13.6 Å². The SMILES string of the molecule is C.C1OCO1.CC.CCC. The molecule has 0 spiro atoms. The molecular formula is C8H22O2. The highest BCUT2D eigenvalue weighted by molar-refractivity contribution is 4.09. The highest BCUT2D eigenvalue weighted by Crippen LogP contribution is 1.87. The van der Waals surface area contributed by atoms with Crippen LogP contribution in [-0.4, -0.2) is 13.6 Å². The van der Waals surface area contributed by atoms with Crippen LogP contribution in [0.25, 0.3) is 0 Å². The summed E-state index contributed by atoms with van der Waals surface area (Å²) in [5.74, 6) is 0. The summed E-state index contributed by atoms with van der Waals surface area (Å²) in [6, 6.07) is 0. The quantitative estimate of drug-likeness (QED) is 0.528. The molecule has 0 aliphatic carbocycles. The Kier molecular flexibility index (Phi) is 38.1. The summed E-state index contributed by atoms with van der Waals surface area (Å²) >= 11 is 0. The maximum absolute atomic E-state index is 4.50. The second-order valence-corrected chi connectivity index (χ2v) is 1.35. The molecule has 0 atom stereocenters. The lowest BCUT2D eigenvalue weighted by molar-refractivity contribution is -0.247. The minimum Gasteiger partial charge on any atom is -0.329 e. The predicted molar refractivity (Wildman–Crippen MR) is 45.9 cm³/mol. The molecular weight excluding hydrogens is 128 g/mol. The van der Waals surface area contributed by atoms with Crippen LogP contribution in [0.2, 0.25) is 0 Å². The van der Waals surface area contributed by atoms with Crippen LogP contribution in [0, 0.1) is 0 Å². The smallest absolute Gasteiger partial charge is 0.152 e. The molecule has 66 valence electrons. The summed E-state index contributed by atoms with van der Waals surface area (Å²) in [7, 11) is 0. The van der Waals surface area contributed by atoms with Crippen molar-refractivity contribution in [3.8, 4) is 0 Å². The second-order valence-electron chi connectivity index (χ2n) is 1.35. The zero-order valence-corrected chi connectivity index (χ0v) is 6.94. The van der Waals surface area contributed by atoms with Crippen LogP contribution >= 0.6 is 0 Å². The second kappa shape index (κ2) is 23.1. The van der Waals surface area contributed by atoms with E-state index in [0.29, 0.717) is 13.6 Å². The molecule has 0 bridgehead atoms. The molecule has 0 aromatic heterocycles. The molecule has 1 aliphatic rings. The first-order chi connectivity index (χ1) is 4.41. The van der Waals surface area contributed by atoms with E-state index < -0.39 is 0 Å². The first-order valence-corrected chi connectivity index (χ1v) is 3.57. The summed E-state index contributed by atoms with van der Waals surface area (Å²) in [5, 5.41) is 0. The third kappa shape index (κ3) is 24.7. The van der Waals surface area contributed by atoms with E-state index >= 15 is 0 Å². The zero-order chi connectivity index (χ0) is 7.54. The van der Waals surface area contributed by atoms with Gasteiger partial charge in [-0.2, -0.15) is 0 Å². The van der Waals surface area contributed by atoms with E-state index in [1.807, 2.05) is 13.8 Å². The molecule has 0 saturated carbocycles. The van der Waals surface area contributed by atoms with Gasteiger partial charge in [0.2, 0.25) is 0 Å². The van der Waals surface area contributed by atoms with Crippen LogP contribution in [0.4, 0.5) is 0 Å². The van der Waals surface area contributed by atoms with E-state index in [1.54, 1.807) is 0 Å². The van der Waals surface area contributed by atoms with Gasteiger partial charge >= 0.3 is 0 Å². The Morgan fingerprint density at radius 2 is 1.10 bits per heavy atom. The van der Waals surface area contributed by atoms with Gasteiger partial charge in [0.05, 0.1) is 0 Å². The standard InChI is InChI=1S/C3H8.C2H4O2.C2H6.CH4/c1-3-2;1-3-2-4-1;1-2;/h3H2,1-2H3;1-2H2;1-2H3;1H4. The zero-order valence-electron chi connectivity index (χ0n) is 6.94. The Morgan fingerprint density at radius 1 is 1.00 bits per heavy atom. The Bertz CT molecular complexity index is 22.4. The minimum absolute atomic E-state index is 0. The van der Waals surface area contributed by atoms with Crippen molar-refractivity contribution in [1.29, 1.82) is 0 Å². The van der Waals surface area contributed by atoms with Gasteiger partial charge in [-0.3, -0.25) is 0 Å². The fraction of sp³-hybridized carbons (Fsp3) is 1.00. The van der Waals surface area contributed by atoms with Crippen molar-refractivity contribution in [2.24, 2.45) is 0 Å². The molecule has 1 rings (SSSR count). The fourth-order valence-electron chi connectivity index (χ4n) is 0.0833. The van der Waals surface area contributed by atoms with Crippen LogP contribution in [0.1, 0.15) is 41.5 Å². The molecule has 0 unspecified atom stereocenters. The van der Waals surface area contributed by atoms with E-state index in [-0.39, 0.29) is 7.43 Å². The highest BCUT2D eigenvalue weighted by atomic mass is 16.8. The predicted octanol–water partition coefficient (Wildman–Crippen LogP) is 3.03. The van der Waals surface area contributed by atoms with Crippen LogP contribution in [0.5, 0.6) is 0 Å². The van der Waals surface area contributed by atoms with E-state index in [9.17, 15) is 0 Å². The summed E-state index contributed by atoms with van der Waals surface area (Å²) in [6.07, 6.45) is 1.25. The Labute approximate surface area is 65.5 Å². The lowest BCUT2D eigenvalue weighted by Gasteiger charge is -2.10. The van der Waals surface area contributed by atoms with Gasteiger partial charge in [0.1, 0.15) is 0 Å². The number of hydrogen-bond acceptors (Lipinski definition) is 2. The maximum Gasteiger partial charge on any atom is 0.152 e. The van der Waals surface area contributed by atoms with Gasteiger partial charge in [0.25, 0.3) is 0 Å². The van der Waals surface area contributed by atoms with Crippen molar-refractivity contribution in [1.82, 2.24) is 0 Å². The fourth-order valence-corrected chi connectivity index (χ4v) is 0.0833. The van der Waals surface area contributed by atoms with Gasteiger partial charge in [-0.05, 0) is 0 Å². The average Bonchev–Trinajstić information content (AvgIpc) is 1.68. The number of hydrogen-bond donors (Lipinski definition) is 0. The lowest BCUT2D eigenvalue weighted by Crippen LogP contribution is -2.14. The molecule has 10 heavy (non-hydrogen) atoms. The van der Waals surface area contributed by atoms with E-state index in [4.69, 9.17) is 0 Å². The van der Waals surface area contributed by atoms with Gasteiger partial charge in [0, 0.05) is 0 Å². The van der Waals surface area contributed by atoms with Crippen molar-refractivity contribution in [3.05, 3.63) is 0 Å². The molecule has 0 radical (unpaired) electrons. The lowest BCUT2D eigenvalue weighted by atomic mass is 10.6.